The molecule has 0 spiro atoms. The van der Waals surface area contributed by atoms with Gasteiger partial charge in [0.05, 0.1) is 11.5 Å². The Kier molecular flexibility index (Phi) is 6.79. The molecule has 0 fully saturated rings. The van der Waals surface area contributed by atoms with Crippen LogP contribution in [0.1, 0.15) is 20.8 Å². The van der Waals surface area contributed by atoms with Crippen molar-refractivity contribution >= 4 is 22.4 Å². The topological polar surface area (TPSA) is 81.4 Å². The maximum Gasteiger partial charge on any atom is 0.240 e. The SMILES string of the molecule is CCOc1cccc(S(=O)(=O)NCC(C)(C)N)c1.Cl. The normalized spacial score (nSPS) is 11.8. The second-order valence-electron chi connectivity index (χ2n) is 4.72. The Morgan fingerprint density at radius 3 is 2.53 bits per heavy atom. The average Bonchev–Trinajstić information content (AvgIpc) is 2.27. The van der Waals surface area contributed by atoms with Gasteiger partial charge >= 0.3 is 0 Å². The number of sulfonamides is 1. The van der Waals surface area contributed by atoms with E-state index in [2.05, 4.69) is 4.72 Å². The third kappa shape index (κ3) is 6.24. The van der Waals surface area contributed by atoms with Crippen molar-refractivity contribution in [2.75, 3.05) is 13.2 Å². The zero-order valence-electron chi connectivity index (χ0n) is 11.3. The maximum absolute atomic E-state index is 12.0. The predicted octanol–water partition coefficient (Wildman–Crippen LogP) is 1.52. The third-order valence-corrected chi connectivity index (χ3v) is 3.54. The molecule has 19 heavy (non-hydrogen) atoms. The Morgan fingerprint density at radius 1 is 1.37 bits per heavy atom. The first-order chi connectivity index (χ1) is 8.24. The summed E-state index contributed by atoms with van der Waals surface area (Å²) >= 11 is 0. The van der Waals surface area contributed by atoms with Crippen LogP contribution in [0.2, 0.25) is 0 Å². The van der Waals surface area contributed by atoms with Crippen LogP contribution in [-0.2, 0) is 10.0 Å². The van der Waals surface area contributed by atoms with Gasteiger partial charge in [-0.2, -0.15) is 0 Å². The van der Waals surface area contributed by atoms with Crippen LogP contribution < -0.4 is 15.2 Å². The summed E-state index contributed by atoms with van der Waals surface area (Å²) in [5.74, 6) is 0.535. The summed E-state index contributed by atoms with van der Waals surface area (Å²) in [6.45, 7) is 6.02. The smallest absolute Gasteiger partial charge is 0.240 e. The number of halogens is 1. The number of hydrogen-bond donors (Lipinski definition) is 2. The van der Waals surface area contributed by atoms with Gasteiger partial charge in [0.15, 0.2) is 0 Å². The zero-order valence-corrected chi connectivity index (χ0v) is 13.0. The molecule has 0 radical (unpaired) electrons. The van der Waals surface area contributed by atoms with Crippen LogP contribution in [0.4, 0.5) is 0 Å². The fraction of sp³-hybridized carbons (Fsp3) is 0.500. The van der Waals surface area contributed by atoms with Crippen molar-refractivity contribution in [3.8, 4) is 5.75 Å². The molecule has 0 atom stereocenters. The predicted molar refractivity (Wildman–Crippen MR) is 78.3 cm³/mol. The summed E-state index contributed by atoms with van der Waals surface area (Å²) < 4.78 is 31.8. The number of benzene rings is 1. The Balaban J connectivity index is 0.00000324. The fourth-order valence-electron chi connectivity index (χ4n) is 1.26. The van der Waals surface area contributed by atoms with Crippen LogP contribution in [-0.4, -0.2) is 27.1 Å². The Labute approximate surface area is 121 Å². The van der Waals surface area contributed by atoms with E-state index in [0.29, 0.717) is 12.4 Å². The number of ether oxygens (including phenoxy) is 1. The van der Waals surface area contributed by atoms with Gasteiger partial charge in [-0.15, -0.1) is 12.4 Å². The van der Waals surface area contributed by atoms with Crippen molar-refractivity contribution in [2.24, 2.45) is 5.73 Å². The van der Waals surface area contributed by atoms with Gasteiger partial charge in [-0.05, 0) is 32.9 Å². The van der Waals surface area contributed by atoms with E-state index in [9.17, 15) is 8.42 Å². The molecule has 0 aromatic heterocycles. The van der Waals surface area contributed by atoms with E-state index >= 15 is 0 Å². The first-order valence-corrected chi connectivity index (χ1v) is 7.24. The van der Waals surface area contributed by atoms with Crippen molar-refractivity contribution in [3.05, 3.63) is 24.3 Å². The Morgan fingerprint density at radius 2 is 2.00 bits per heavy atom. The molecule has 7 heteroatoms. The summed E-state index contributed by atoms with van der Waals surface area (Å²) in [5.41, 5.74) is 5.15. The second kappa shape index (κ2) is 7.09. The van der Waals surface area contributed by atoms with E-state index < -0.39 is 15.6 Å². The summed E-state index contributed by atoms with van der Waals surface area (Å²) in [6, 6.07) is 6.38. The van der Waals surface area contributed by atoms with Crippen LogP contribution in [0.25, 0.3) is 0 Å². The highest BCUT2D eigenvalue weighted by Crippen LogP contribution is 2.17. The van der Waals surface area contributed by atoms with Gasteiger partial charge in [0.1, 0.15) is 5.75 Å². The monoisotopic (exact) mass is 308 g/mol. The highest BCUT2D eigenvalue weighted by molar-refractivity contribution is 7.89. The van der Waals surface area contributed by atoms with E-state index in [0.717, 1.165) is 0 Å². The molecule has 0 saturated carbocycles. The van der Waals surface area contributed by atoms with Gasteiger partial charge < -0.3 is 10.5 Å². The lowest BCUT2D eigenvalue weighted by Crippen LogP contribution is -2.45. The van der Waals surface area contributed by atoms with E-state index in [-0.39, 0.29) is 23.8 Å². The van der Waals surface area contributed by atoms with Gasteiger partial charge in [-0.1, -0.05) is 6.07 Å². The molecule has 1 aromatic carbocycles. The van der Waals surface area contributed by atoms with Crippen LogP contribution in [0.3, 0.4) is 0 Å². The van der Waals surface area contributed by atoms with Crippen LogP contribution >= 0.6 is 12.4 Å². The van der Waals surface area contributed by atoms with Gasteiger partial charge in [-0.3, -0.25) is 0 Å². The summed E-state index contributed by atoms with van der Waals surface area (Å²) in [7, 11) is -3.54. The molecule has 3 N–H and O–H groups in total. The van der Waals surface area contributed by atoms with Crippen molar-refractivity contribution in [1.82, 2.24) is 4.72 Å². The quantitative estimate of drug-likeness (QED) is 0.835. The minimum absolute atomic E-state index is 0. The number of rotatable bonds is 6. The molecular formula is C12H21ClN2O3S. The molecule has 0 aliphatic heterocycles. The third-order valence-electron chi connectivity index (χ3n) is 2.14. The lowest BCUT2D eigenvalue weighted by atomic mass is 10.1. The number of nitrogens with one attached hydrogen (secondary N) is 1. The molecule has 0 aliphatic carbocycles. The largest absolute Gasteiger partial charge is 0.494 e. The maximum atomic E-state index is 12.0. The molecular weight excluding hydrogens is 288 g/mol. The molecule has 0 amide bonds. The molecule has 0 aliphatic rings. The van der Waals surface area contributed by atoms with Crippen molar-refractivity contribution in [1.29, 1.82) is 0 Å². The highest BCUT2D eigenvalue weighted by atomic mass is 35.5. The molecule has 1 rings (SSSR count). The van der Waals surface area contributed by atoms with E-state index in [1.54, 1.807) is 26.0 Å². The molecule has 0 heterocycles. The average molecular weight is 309 g/mol. The first-order valence-electron chi connectivity index (χ1n) is 5.76. The lowest BCUT2D eigenvalue weighted by Gasteiger charge is -2.19. The Hall–Kier alpha value is -0.820. The van der Waals surface area contributed by atoms with Gasteiger partial charge in [-0.25, -0.2) is 13.1 Å². The summed E-state index contributed by atoms with van der Waals surface area (Å²) in [4.78, 5) is 0.178. The second-order valence-corrected chi connectivity index (χ2v) is 6.49. The van der Waals surface area contributed by atoms with E-state index in [1.807, 2.05) is 6.92 Å². The lowest BCUT2D eigenvalue weighted by molar-refractivity contribution is 0.339. The number of nitrogens with two attached hydrogens (primary N) is 1. The minimum atomic E-state index is -3.54. The summed E-state index contributed by atoms with van der Waals surface area (Å²) in [5, 5.41) is 0. The zero-order chi connectivity index (χ0) is 13.8. The van der Waals surface area contributed by atoms with Crippen molar-refractivity contribution in [3.63, 3.8) is 0 Å². The van der Waals surface area contributed by atoms with Crippen LogP contribution in [0, 0.1) is 0 Å². The standard InChI is InChI=1S/C12H20N2O3S.ClH/c1-4-17-10-6-5-7-11(8-10)18(15,16)14-9-12(2,3)13;/h5-8,14H,4,9,13H2,1-3H3;1H. The highest BCUT2D eigenvalue weighted by Gasteiger charge is 2.19. The molecule has 0 saturated heterocycles. The van der Waals surface area contributed by atoms with Crippen LogP contribution in [0.15, 0.2) is 29.2 Å². The number of hydrogen-bond acceptors (Lipinski definition) is 4. The van der Waals surface area contributed by atoms with Gasteiger partial charge in [0.25, 0.3) is 0 Å². The van der Waals surface area contributed by atoms with Crippen molar-refractivity contribution < 1.29 is 13.2 Å². The molecule has 110 valence electrons. The van der Waals surface area contributed by atoms with Crippen LogP contribution in [0.5, 0.6) is 5.75 Å². The van der Waals surface area contributed by atoms with E-state index in [4.69, 9.17) is 10.5 Å². The van der Waals surface area contributed by atoms with Gasteiger partial charge in [0.2, 0.25) is 10.0 Å². The minimum Gasteiger partial charge on any atom is -0.494 e. The fourth-order valence-corrected chi connectivity index (χ4v) is 2.52. The van der Waals surface area contributed by atoms with Crippen molar-refractivity contribution in [2.45, 2.75) is 31.2 Å². The molecule has 0 bridgehead atoms. The Bertz CT molecular complexity index is 498. The summed E-state index contributed by atoms with van der Waals surface area (Å²) in [6.07, 6.45) is 0. The molecule has 5 nitrogen and oxygen atoms in total. The molecule has 0 unspecified atom stereocenters. The molecule has 1 aromatic rings. The van der Waals surface area contributed by atoms with Gasteiger partial charge in [0, 0.05) is 18.2 Å². The van der Waals surface area contributed by atoms with E-state index in [1.165, 1.54) is 12.1 Å². The first kappa shape index (κ1) is 18.2.